The zero-order chi connectivity index (χ0) is 17.1. The Labute approximate surface area is 138 Å². The summed E-state index contributed by atoms with van der Waals surface area (Å²) in [6.07, 6.45) is 0.657. The average Bonchev–Trinajstić information content (AvgIpc) is 2.91. The molecule has 2 heterocycles. The van der Waals surface area contributed by atoms with Gasteiger partial charge in [0.1, 0.15) is 0 Å². The first kappa shape index (κ1) is 17.1. The molecule has 0 aliphatic carbocycles. The fourth-order valence-corrected chi connectivity index (χ4v) is 2.87. The zero-order valence-electron chi connectivity index (χ0n) is 13.2. The Morgan fingerprint density at radius 2 is 2.17 bits per heavy atom. The van der Waals surface area contributed by atoms with E-state index in [4.69, 9.17) is 5.73 Å². The summed E-state index contributed by atoms with van der Waals surface area (Å²) in [4.78, 5) is 16.2. The third-order valence-electron chi connectivity index (χ3n) is 3.75. The minimum atomic E-state index is -0.300. The maximum atomic E-state index is 13.5. The molecule has 23 heavy (non-hydrogen) atoms. The second-order valence-corrected chi connectivity index (χ2v) is 5.67. The summed E-state index contributed by atoms with van der Waals surface area (Å²) in [6, 6.07) is 5.04. The summed E-state index contributed by atoms with van der Waals surface area (Å²) < 4.78 is 16.4. The van der Waals surface area contributed by atoms with Crippen LogP contribution in [-0.4, -0.2) is 15.3 Å². The van der Waals surface area contributed by atoms with Gasteiger partial charge in [-0.05, 0) is 43.8 Å². The molecule has 0 bridgehead atoms. The van der Waals surface area contributed by atoms with Crippen LogP contribution >= 0.6 is 12.3 Å². The van der Waals surface area contributed by atoms with Gasteiger partial charge < -0.3 is 10.3 Å². The SMILES string of the molecule is C=Nc1cc(Cn2c(C)ccc(N)c2=O)n(SF)c1C(=C)CC. The van der Waals surface area contributed by atoms with Gasteiger partial charge in [0.15, 0.2) is 12.3 Å². The van der Waals surface area contributed by atoms with Crippen molar-refractivity contribution in [3.8, 4) is 0 Å². The Hall–Kier alpha value is -2.28. The average molecular weight is 334 g/mol. The lowest BCUT2D eigenvalue weighted by Crippen LogP contribution is -2.25. The van der Waals surface area contributed by atoms with Crippen molar-refractivity contribution in [2.45, 2.75) is 26.8 Å². The Bertz CT molecular complexity index is 822. The van der Waals surface area contributed by atoms with Crippen molar-refractivity contribution in [2.75, 3.05) is 5.73 Å². The first-order chi connectivity index (χ1) is 10.9. The summed E-state index contributed by atoms with van der Waals surface area (Å²) in [5, 5.41) is 0. The molecule has 0 atom stereocenters. The number of halogens is 1. The molecule has 0 amide bonds. The molecule has 2 aromatic rings. The van der Waals surface area contributed by atoms with Crippen molar-refractivity contribution in [1.82, 2.24) is 8.54 Å². The monoisotopic (exact) mass is 334 g/mol. The number of aromatic nitrogens is 2. The summed E-state index contributed by atoms with van der Waals surface area (Å²) in [5.41, 5.74) is 8.74. The fraction of sp³-hybridized carbons (Fsp3) is 0.250. The summed E-state index contributed by atoms with van der Waals surface area (Å²) in [7, 11) is 0. The number of nitrogens with two attached hydrogens (primary N) is 1. The first-order valence-corrected chi connectivity index (χ1v) is 7.76. The standard InChI is InChI=1S/C16H19FN4OS/c1-5-10(2)15-14(19-4)8-12(21(15)23-17)9-20-11(3)6-7-13(18)16(20)22/h6-8H,2,4-5,9,18H2,1,3H3. The molecule has 122 valence electrons. The van der Waals surface area contributed by atoms with Crippen LogP contribution in [0.3, 0.4) is 0 Å². The lowest BCUT2D eigenvalue weighted by molar-refractivity contribution is 0.710. The van der Waals surface area contributed by atoms with Crippen LogP contribution in [0.2, 0.25) is 0 Å². The van der Waals surface area contributed by atoms with Crippen LogP contribution in [0.4, 0.5) is 15.3 Å². The highest BCUT2D eigenvalue weighted by molar-refractivity contribution is 7.92. The molecule has 0 saturated carbocycles. The molecule has 0 radical (unpaired) electrons. The molecule has 0 spiro atoms. The number of hydrogen-bond donors (Lipinski definition) is 1. The molecule has 0 aromatic carbocycles. The van der Waals surface area contributed by atoms with Gasteiger partial charge in [-0.2, -0.15) is 0 Å². The lowest BCUT2D eigenvalue weighted by Gasteiger charge is -2.13. The number of nitrogen functional groups attached to an aromatic ring is 1. The molecule has 0 unspecified atom stereocenters. The van der Waals surface area contributed by atoms with Gasteiger partial charge in [-0.25, -0.2) is 0 Å². The van der Waals surface area contributed by atoms with E-state index in [9.17, 15) is 8.68 Å². The second kappa shape index (κ2) is 6.87. The number of hydrogen-bond acceptors (Lipinski definition) is 4. The number of rotatable bonds is 6. The number of aryl methyl sites for hydroxylation is 1. The van der Waals surface area contributed by atoms with Crippen molar-refractivity contribution in [2.24, 2.45) is 4.99 Å². The first-order valence-electron chi connectivity index (χ1n) is 7.09. The second-order valence-electron chi connectivity index (χ2n) is 5.17. The minimum Gasteiger partial charge on any atom is -0.394 e. The maximum absolute atomic E-state index is 13.5. The third kappa shape index (κ3) is 3.10. The summed E-state index contributed by atoms with van der Waals surface area (Å²) in [5.74, 6) is 0. The normalized spacial score (nSPS) is 10.7. The van der Waals surface area contributed by atoms with Crippen LogP contribution < -0.4 is 11.3 Å². The smallest absolute Gasteiger partial charge is 0.274 e. The third-order valence-corrected chi connectivity index (χ3v) is 4.31. The van der Waals surface area contributed by atoms with E-state index in [-0.39, 0.29) is 30.1 Å². The fourth-order valence-electron chi connectivity index (χ4n) is 2.38. The molecule has 0 aliphatic heterocycles. The number of nitrogens with zero attached hydrogens (tertiary/aromatic N) is 3. The topological polar surface area (TPSA) is 65.3 Å². The van der Waals surface area contributed by atoms with Crippen LogP contribution in [0.15, 0.2) is 34.6 Å². The Kier molecular flexibility index (Phi) is 5.10. The number of aliphatic imine (C=N–C) groups is 1. The highest BCUT2D eigenvalue weighted by Crippen LogP contribution is 2.35. The predicted molar refractivity (Wildman–Crippen MR) is 96.0 cm³/mol. The molecular weight excluding hydrogens is 315 g/mol. The highest BCUT2D eigenvalue weighted by Gasteiger charge is 2.18. The molecule has 5 nitrogen and oxygen atoms in total. The molecule has 0 fully saturated rings. The quantitative estimate of drug-likeness (QED) is 0.819. The van der Waals surface area contributed by atoms with Crippen LogP contribution in [0, 0.1) is 6.92 Å². The van der Waals surface area contributed by atoms with Gasteiger partial charge in [0.25, 0.3) is 5.56 Å². The van der Waals surface area contributed by atoms with E-state index in [1.54, 1.807) is 25.1 Å². The Balaban J connectivity index is 2.60. The molecular formula is C16H19FN4OS. The maximum Gasteiger partial charge on any atom is 0.274 e. The van der Waals surface area contributed by atoms with E-state index < -0.39 is 0 Å². The van der Waals surface area contributed by atoms with E-state index in [1.165, 1.54) is 8.54 Å². The van der Waals surface area contributed by atoms with Crippen molar-refractivity contribution in [3.05, 3.63) is 52.2 Å². The minimum absolute atomic E-state index is 0.0585. The molecule has 0 saturated heterocycles. The number of pyridine rings is 1. The van der Waals surface area contributed by atoms with Gasteiger partial charge in [0.05, 0.1) is 29.3 Å². The van der Waals surface area contributed by atoms with Gasteiger partial charge in [-0.1, -0.05) is 13.5 Å². The Morgan fingerprint density at radius 3 is 2.74 bits per heavy atom. The molecule has 2 N–H and O–H groups in total. The largest absolute Gasteiger partial charge is 0.394 e. The molecule has 0 aliphatic rings. The van der Waals surface area contributed by atoms with Gasteiger partial charge in [-0.3, -0.25) is 13.8 Å². The van der Waals surface area contributed by atoms with E-state index in [0.29, 0.717) is 23.5 Å². The summed E-state index contributed by atoms with van der Waals surface area (Å²) >= 11 is 0.0585. The van der Waals surface area contributed by atoms with Crippen LogP contribution in [0.25, 0.3) is 5.57 Å². The van der Waals surface area contributed by atoms with Gasteiger partial charge in [-0.15, -0.1) is 3.89 Å². The van der Waals surface area contributed by atoms with E-state index in [2.05, 4.69) is 18.3 Å². The van der Waals surface area contributed by atoms with Crippen LogP contribution in [0.1, 0.15) is 30.4 Å². The molecule has 7 heteroatoms. The van der Waals surface area contributed by atoms with Gasteiger partial charge in [0.2, 0.25) is 0 Å². The number of anilines is 1. The molecule has 2 aromatic heterocycles. The van der Waals surface area contributed by atoms with Gasteiger partial charge in [0, 0.05) is 5.69 Å². The van der Waals surface area contributed by atoms with Crippen molar-refractivity contribution < 1.29 is 3.89 Å². The van der Waals surface area contributed by atoms with Crippen molar-refractivity contribution >= 4 is 36.0 Å². The van der Waals surface area contributed by atoms with E-state index >= 15 is 0 Å². The molecule has 2 rings (SSSR count). The zero-order valence-corrected chi connectivity index (χ0v) is 14.0. The lowest BCUT2D eigenvalue weighted by atomic mass is 10.1. The summed E-state index contributed by atoms with van der Waals surface area (Å²) in [6.45, 7) is 11.4. The van der Waals surface area contributed by atoms with Crippen molar-refractivity contribution in [1.29, 1.82) is 0 Å². The van der Waals surface area contributed by atoms with Gasteiger partial charge >= 0.3 is 0 Å². The number of allylic oxidation sites excluding steroid dienone is 1. The van der Waals surface area contributed by atoms with Crippen LogP contribution in [0.5, 0.6) is 0 Å². The highest BCUT2D eigenvalue weighted by atomic mass is 32.2. The van der Waals surface area contributed by atoms with Crippen LogP contribution in [-0.2, 0) is 6.54 Å². The Morgan fingerprint density at radius 1 is 1.48 bits per heavy atom. The van der Waals surface area contributed by atoms with Crippen molar-refractivity contribution in [3.63, 3.8) is 0 Å². The van der Waals surface area contributed by atoms with E-state index in [0.717, 1.165) is 11.3 Å². The van der Waals surface area contributed by atoms with E-state index in [1.807, 2.05) is 6.92 Å². The predicted octanol–water partition coefficient (Wildman–Crippen LogP) is 3.72.